The molecule has 2 aliphatic rings. The highest BCUT2D eigenvalue weighted by atomic mass is 16.7. The zero-order valence-corrected chi connectivity index (χ0v) is 15.1. The first kappa shape index (κ1) is 20.9. The number of hydrogen-bond acceptors (Lipinski definition) is 12. The highest BCUT2D eigenvalue weighted by Crippen LogP contribution is 2.31. The molecule has 1 fully saturated rings. The lowest BCUT2D eigenvalue weighted by Gasteiger charge is -2.28. The molecule has 1 saturated heterocycles. The molecule has 0 aromatic carbocycles. The van der Waals surface area contributed by atoms with Crippen molar-refractivity contribution in [1.82, 2.24) is 5.01 Å². The predicted molar refractivity (Wildman–Crippen MR) is 82.5 cm³/mol. The van der Waals surface area contributed by atoms with E-state index in [1.54, 1.807) is 0 Å². The largest absolute Gasteiger partial charge is 0.463 e. The summed E-state index contributed by atoms with van der Waals surface area (Å²) in [5.41, 5.74) is 0. The molecular weight excluding hydrogens is 380 g/mol. The van der Waals surface area contributed by atoms with Crippen molar-refractivity contribution in [3.8, 4) is 6.07 Å². The van der Waals surface area contributed by atoms with Gasteiger partial charge in [0, 0.05) is 20.8 Å². The molecule has 5 atom stereocenters. The monoisotopic (exact) mass is 396 g/mol. The van der Waals surface area contributed by atoms with Gasteiger partial charge in [-0.05, 0) is 0 Å². The average Bonchev–Trinajstić information content (AvgIpc) is 2.92. The standard InChI is InChI=1S/C15H16N4O9/c1-6(20)25-5-10-12(26-7(2)21)13(27-8(3)22)15(28-10)19-14(24)11(23)9(4-16)17-18-19/h9-10,12-13,15H,5H2,1-3H3. The second-order valence-electron chi connectivity index (χ2n) is 5.77. The minimum Gasteiger partial charge on any atom is -0.463 e. The summed E-state index contributed by atoms with van der Waals surface area (Å²) in [4.78, 5) is 58.2. The predicted octanol–water partition coefficient (Wildman–Crippen LogP) is -1.19. The molecule has 0 spiro atoms. The van der Waals surface area contributed by atoms with Crippen molar-refractivity contribution in [2.24, 2.45) is 10.3 Å². The normalized spacial score (nSPS) is 29.2. The Labute approximate surface area is 158 Å². The molecule has 13 heteroatoms. The van der Waals surface area contributed by atoms with Gasteiger partial charge < -0.3 is 18.9 Å². The molecule has 0 N–H and O–H groups in total. The van der Waals surface area contributed by atoms with Crippen LogP contribution in [0.2, 0.25) is 0 Å². The summed E-state index contributed by atoms with van der Waals surface area (Å²) in [7, 11) is 0. The van der Waals surface area contributed by atoms with Crippen LogP contribution in [0.3, 0.4) is 0 Å². The first-order valence-corrected chi connectivity index (χ1v) is 7.96. The highest BCUT2D eigenvalue weighted by molar-refractivity contribution is 6.39. The van der Waals surface area contributed by atoms with Crippen molar-refractivity contribution in [1.29, 1.82) is 5.26 Å². The Morgan fingerprint density at radius 1 is 1.11 bits per heavy atom. The third-order valence-electron chi connectivity index (χ3n) is 3.63. The lowest BCUT2D eigenvalue weighted by Crippen LogP contribution is -2.52. The maximum atomic E-state index is 12.3. The molecule has 0 saturated carbocycles. The van der Waals surface area contributed by atoms with Gasteiger partial charge in [0.15, 0.2) is 18.4 Å². The zero-order chi connectivity index (χ0) is 21.0. The van der Waals surface area contributed by atoms with E-state index in [1.807, 2.05) is 0 Å². The van der Waals surface area contributed by atoms with Crippen LogP contribution in [0.1, 0.15) is 20.8 Å². The Morgan fingerprint density at radius 3 is 2.25 bits per heavy atom. The molecule has 28 heavy (non-hydrogen) atoms. The van der Waals surface area contributed by atoms with E-state index in [1.165, 1.54) is 6.07 Å². The van der Waals surface area contributed by atoms with Crippen LogP contribution >= 0.6 is 0 Å². The Hall–Kier alpha value is -3.40. The second-order valence-corrected chi connectivity index (χ2v) is 5.77. The first-order valence-electron chi connectivity index (χ1n) is 7.96. The number of nitriles is 1. The summed E-state index contributed by atoms with van der Waals surface area (Å²) in [6.45, 7) is 2.90. The zero-order valence-electron chi connectivity index (χ0n) is 15.1. The molecule has 0 radical (unpaired) electrons. The van der Waals surface area contributed by atoms with Crippen LogP contribution < -0.4 is 0 Å². The average molecular weight is 396 g/mol. The van der Waals surface area contributed by atoms with E-state index in [9.17, 15) is 24.0 Å². The number of ketones is 1. The molecule has 5 unspecified atom stereocenters. The molecule has 13 nitrogen and oxygen atoms in total. The number of hydrogen-bond donors (Lipinski definition) is 0. The van der Waals surface area contributed by atoms with Crippen molar-refractivity contribution in [2.45, 2.75) is 51.4 Å². The van der Waals surface area contributed by atoms with Crippen molar-refractivity contribution < 1.29 is 42.9 Å². The van der Waals surface area contributed by atoms with Crippen LogP contribution in [-0.4, -0.2) is 71.8 Å². The Balaban J connectivity index is 2.37. The van der Waals surface area contributed by atoms with Gasteiger partial charge in [-0.2, -0.15) is 10.3 Å². The van der Waals surface area contributed by atoms with Gasteiger partial charge in [0.2, 0.25) is 6.04 Å². The van der Waals surface area contributed by atoms with Crippen LogP contribution in [-0.2, 0) is 42.9 Å². The molecule has 2 aliphatic heterocycles. The van der Waals surface area contributed by atoms with E-state index in [0.717, 1.165) is 20.8 Å². The van der Waals surface area contributed by atoms with Gasteiger partial charge >= 0.3 is 23.8 Å². The smallest absolute Gasteiger partial charge is 0.317 e. The first-order chi connectivity index (χ1) is 13.1. The summed E-state index contributed by atoms with van der Waals surface area (Å²) >= 11 is 0. The lowest BCUT2D eigenvalue weighted by molar-refractivity contribution is -0.174. The summed E-state index contributed by atoms with van der Waals surface area (Å²) in [6.07, 6.45) is -5.29. The van der Waals surface area contributed by atoms with Crippen LogP contribution in [0.25, 0.3) is 0 Å². The third-order valence-corrected chi connectivity index (χ3v) is 3.63. The molecule has 0 aliphatic carbocycles. The molecule has 150 valence electrons. The quantitative estimate of drug-likeness (QED) is 0.312. The molecule has 0 aromatic heterocycles. The number of carbonyl (C=O) groups excluding carboxylic acids is 5. The van der Waals surface area contributed by atoms with E-state index in [2.05, 4.69) is 10.3 Å². The van der Waals surface area contributed by atoms with Crippen LogP contribution in [0, 0.1) is 11.3 Å². The number of amides is 1. The fourth-order valence-electron chi connectivity index (χ4n) is 2.57. The number of nitrogens with zero attached hydrogens (tertiary/aromatic N) is 4. The third kappa shape index (κ3) is 4.46. The Kier molecular flexibility index (Phi) is 6.37. The van der Waals surface area contributed by atoms with E-state index >= 15 is 0 Å². The maximum absolute atomic E-state index is 12.3. The summed E-state index contributed by atoms with van der Waals surface area (Å²) < 4.78 is 20.6. The Bertz CT molecular complexity index is 774. The van der Waals surface area contributed by atoms with E-state index in [-0.39, 0.29) is 0 Å². The number of carbonyl (C=O) groups is 5. The van der Waals surface area contributed by atoms with Gasteiger partial charge in [0.25, 0.3) is 5.78 Å². The number of ether oxygens (including phenoxy) is 4. The molecule has 0 aromatic rings. The highest BCUT2D eigenvalue weighted by Gasteiger charge is 2.55. The van der Waals surface area contributed by atoms with E-state index in [0.29, 0.717) is 5.01 Å². The van der Waals surface area contributed by atoms with Crippen LogP contribution in [0.4, 0.5) is 0 Å². The maximum Gasteiger partial charge on any atom is 0.317 e. The summed E-state index contributed by atoms with van der Waals surface area (Å²) in [5, 5.41) is 16.2. The second kappa shape index (κ2) is 8.53. The molecule has 2 heterocycles. The van der Waals surface area contributed by atoms with Crippen molar-refractivity contribution >= 4 is 29.6 Å². The molecular formula is C15H16N4O9. The topological polar surface area (TPSA) is 174 Å². The fourth-order valence-corrected chi connectivity index (χ4v) is 2.57. The van der Waals surface area contributed by atoms with Gasteiger partial charge in [-0.1, -0.05) is 5.22 Å². The summed E-state index contributed by atoms with van der Waals surface area (Å²) in [6, 6.07) is -0.0941. The van der Waals surface area contributed by atoms with Crippen molar-refractivity contribution in [2.75, 3.05) is 6.61 Å². The van der Waals surface area contributed by atoms with Crippen molar-refractivity contribution in [3.05, 3.63) is 0 Å². The van der Waals surface area contributed by atoms with Gasteiger partial charge in [-0.15, -0.1) is 5.11 Å². The van der Waals surface area contributed by atoms with Gasteiger partial charge in [-0.25, -0.2) is 0 Å². The van der Waals surface area contributed by atoms with Gasteiger partial charge in [0.05, 0.1) is 0 Å². The van der Waals surface area contributed by atoms with Crippen molar-refractivity contribution in [3.63, 3.8) is 0 Å². The molecule has 2 rings (SSSR count). The Morgan fingerprint density at radius 2 is 1.71 bits per heavy atom. The fraction of sp³-hybridized carbons (Fsp3) is 0.600. The molecule has 0 bridgehead atoms. The van der Waals surface area contributed by atoms with Gasteiger partial charge in [-0.3, -0.25) is 24.0 Å². The lowest BCUT2D eigenvalue weighted by atomic mass is 10.1. The van der Waals surface area contributed by atoms with E-state index < -0.39 is 66.8 Å². The number of esters is 3. The minimum absolute atomic E-state index is 0.393. The molecule has 1 amide bonds. The number of rotatable bonds is 5. The van der Waals surface area contributed by atoms with Crippen LogP contribution in [0.5, 0.6) is 0 Å². The van der Waals surface area contributed by atoms with Gasteiger partial charge in [0.1, 0.15) is 18.8 Å². The van der Waals surface area contributed by atoms with Crippen LogP contribution in [0.15, 0.2) is 10.3 Å². The SMILES string of the molecule is CC(=O)OCC1OC(N2N=NC(C#N)C(=O)C2=O)C(OC(C)=O)C1OC(C)=O. The van der Waals surface area contributed by atoms with E-state index in [4.69, 9.17) is 24.2 Å². The summed E-state index contributed by atoms with van der Waals surface area (Å²) in [5.74, 6) is -4.59. The minimum atomic E-state index is -1.60. The number of Topliss-reactive ketones (excluding diaryl/α,β-unsaturated/α-hetero) is 1.